The van der Waals surface area contributed by atoms with E-state index in [2.05, 4.69) is 53.8 Å². The molecule has 1 aliphatic rings. The van der Waals surface area contributed by atoms with Gasteiger partial charge in [-0.25, -0.2) is 4.98 Å². The van der Waals surface area contributed by atoms with Gasteiger partial charge in [-0.05, 0) is 33.0 Å². The van der Waals surface area contributed by atoms with Crippen molar-refractivity contribution in [2.24, 2.45) is 5.92 Å². The van der Waals surface area contributed by atoms with Crippen LogP contribution in [0.1, 0.15) is 11.8 Å². The zero-order valence-corrected chi connectivity index (χ0v) is 13.2. The number of hydrogen-bond acceptors (Lipinski definition) is 6. The van der Waals surface area contributed by atoms with Crippen molar-refractivity contribution in [3.8, 4) is 0 Å². The number of fused-ring (bicyclic) bond motifs is 1. The van der Waals surface area contributed by atoms with E-state index in [0.29, 0.717) is 17.9 Å². The van der Waals surface area contributed by atoms with Crippen molar-refractivity contribution in [1.82, 2.24) is 14.9 Å². The minimum absolute atomic E-state index is 0.371. The topological polar surface area (TPSA) is 58.3 Å². The Labute approximate surface area is 123 Å². The van der Waals surface area contributed by atoms with Gasteiger partial charge in [-0.2, -0.15) is 4.98 Å². The summed E-state index contributed by atoms with van der Waals surface area (Å²) in [6, 6.07) is 2.73. The Morgan fingerprint density at radius 2 is 2.10 bits per heavy atom. The Morgan fingerprint density at radius 1 is 1.35 bits per heavy atom. The Morgan fingerprint density at radius 3 is 2.75 bits per heavy atom. The van der Waals surface area contributed by atoms with Crippen LogP contribution in [0.5, 0.6) is 0 Å². The first-order valence-electron chi connectivity index (χ1n) is 6.90. The van der Waals surface area contributed by atoms with Crippen LogP contribution < -0.4 is 10.6 Å². The third-order valence-corrected chi connectivity index (χ3v) is 4.99. The summed E-state index contributed by atoms with van der Waals surface area (Å²) >= 11 is 1.68. The standard InChI is InChI=1S/C14H21N5S/c1-8-6-19(7-11(8)18(3)4)12-10-5-9(2)20-13(10)17-14(15)16-12/h5,8,11H,6-7H2,1-4H3,(H2,15,16,17). The molecule has 0 aromatic carbocycles. The van der Waals surface area contributed by atoms with E-state index >= 15 is 0 Å². The van der Waals surface area contributed by atoms with Crippen LogP contribution in [0.4, 0.5) is 11.8 Å². The largest absolute Gasteiger partial charge is 0.368 e. The number of hydrogen-bond donors (Lipinski definition) is 1. The molecule has 2 unspecified atom stereocenters. The molecule has 0 saturated carbocycles. The summed E-state index contributed by atoms with van der Waals surface area (Å²) in [5.74, 6) is 1.99. The molecule has 0 amide bonds. The van der Waals surface area contributed by atoms with E-state index in [1.165, 1.54) is 4.88 Å². The zero-order chi connectivity index (χ0) is 14.4. The van der Waals surface area contributed by atoms with Crippen molar-refractivity contribution in [2.75, 3.05) is 37.8 Å². The van der Waals surface area contributed by atoms with Crippen molar-refractivity contribution in [3.05, 3.63) is 10.9 Å². The van der Waals surface area contributed by atoms with Crippen LogP contribution in [0.2, 0.25) is 0 Å². The van der Waals surface area contributed by atoms with Crippen LogP contribution in [0.15, 0.2) is 6.07 Å². The third-order valence-electron chi connectivity index (χ3n) is 4.05. The molecule has 0 aliphatic carbocycles. The molecule has 0 radical (unpaired) electrons. The van der Waals surface area contributed by atoms with E-state index in [9.17, 15) is 0 Å². The highest BCUT2D eigenvalue weighted by atomic mass is 32.1. The molecule has 5 nitrogen and oxygen atoms in total. The molecule has 0 spiro atoms. The average Bonchev–Trinajstić information content (AvgIpc) is 2.90. The van der Waals surface area contributed by atoms with E-state index in [0.717, 1.165) is 29.1 Å². The normalized spacial score (nSPS) is 23.1. The van der Waals surface area contributed by atoms with Gasteiger partial charge in [-0.15, -0.1) is 11.3 Å². The molecule has 1 aliphatic heterocycles. The van der Waals surface area contributed by atoms with Gasteiger partial charge in [-0.1, -0.05) is 6.92 Å². The van der Waals surface area contributed by atoms with Crippen molar-refractivity contribution in [1.29, 1.82) is 0 Å². The molecular weight excluding hydrogens is 270 g/mol. The Bertz CT molecular complexity index is 636. The molecule has 1 fully saturated rings. The number of nitrogens with two attached hydrogens (primary N) is 1. The first-order chi connectivity index (χ1) is 9.45. The Hall–Kier alpha value is -1.40. The second kappa shape index (κ2) is 4.86. The number of anilines is 2. The summed E-state index contributed by atoms with van der Waals surface area (Å²) in [4.78, 5) is 15.7. The number of aromatic nitrogens is 2. The van der Waals surface area contributed by atoms with Crippen molar-refractivity contribution in [2.45, 2.75) is 19.9 Å². The number of nitrogens with zero attached hydrogens (tertiary/aromatic N) is 4. The fourth-order valence-electron chi connectivity index (χ4n) is 3.08. The fraction of sp³-hybridized carbons (Fsp3) is 0.571. The van der Waals surface area contributed by atoms with Gasteiger partial charge in [0.2, 0.25) is 5.95 Å². The lowest BCUT2D eigenvalue weighted by molar-refractivity contribution is 0.266. The highest BCUT2D eigenvalue weighted by Gasteiger charge is 2.32. The third kappa shape index (κ3) is 2.23. The summed E-state index contributed by atoms with van der Waals surface area (Å²) in [6.07, 6.45) is 0. The summed E-state index contributed by atoms with van der Waals surface area (Å²) in [7, 11) is 4.28. The van der Waals surface area contributed by atoms with Crippen LogP contribution >= 0.6 is 11.3 Å². The maximum Gasteiger partial charge on any atom is 0.223 e. The molecule has 2 atom stereocenters. The lowest BCUT2D eigenvalue weighted by Crippen LogP contribution is -2.34. The fourth-order valence-corrected chi connectivity index (χ4v) is 3.96. The van der Waals surface area contributed by atoms with Gasteiger partial charge < -0.3 is 15.5 Å². The van der Waals surface area contributed by atoms with Gasteiger partial charge in [0, 0.05) is 24.0 Å². The summed E-state index contributed by atoms with van der Waals surface area (Å²) in [6.45, 7) is 6.41. The maximum absolute atomic E-state index is 5.88. The van der Waals surface area contributed by atoms with E-state index in [1.54, 1.807) is 11.3 Å². The monoisotopic (exact) mass is 291 g/mol. The van der Waals surface area contributed by atoms with Gasteiger partial charge in [-0.3, -0.25) is 0 Å². The number of thiophene rings is 1. The number of nitrogen functional groups attached to an aromatic ring is 1. The first kappa shape index (κ1) is 13.6. The zero-order valence-electron chi connectivity index (χ0n) is 12.4. The molecule has 108 valence electrons. The SMILES string of the molecule is Cc1cc2c(N3CC(C)C(N(C)C)C3)nc(N)nc2s1. The van der Waals surface area contributed by atoms with E-state index in [-0.39, 0.29) is 0 Å². The molecular formula is C14H21N5S. The van der Waals surface area contributed by atoms with E-state index < -0.39 is 0 Å². The number of likely N-dealkylation sites (N-methyl/N-ethyl adjacent to an activating group) is 1. The molecule has 1 saturated heterocycles. The highest BCUT2D eigenvalue weighted by molar-refractivity contribution is 7.18. The van der Waals surface area contributed by atoms with Crippen LogP contribution in [0.25, 0.3) is 10.2 Å². The van der Waals surface area contributed by atoms with Crippen LogP contribution in [-0.2, 0) is 0 Å². The van der Waals surface area contributed by atoms with Crippen LogP contribution in [0.3, 0.4) is 0 Å². The minimum Gasteiger partial charge on any atom is -0.368 e. The second-order valence-electron chi connectivity index (χ2n) is 5.89. The average molecular weight is 291 g/mol. The molecule has 3 heterocycles. The number of rotatable bonds is 2. The number of aryl methyl sites for hydroxylation is 1. The predicted molar refractivity (Wildman–Crippen MR) is 85.4 cm³/mol. The second-order valence-corrected chi connectivity index (χ2v) is 7.13. The highest BCUT2D eigenvalue weighted by Crippen LogP contribution is 2.34. The summed E-state index contributed by atoms with van der Waals surface area (Å²) < 4.78 is 0. The van der Waals surface area contributed by atoms with Crippen molar-refractivity contribution in [3.63, 3.8) is 0 Å². The molecule has 20 heavy (non-hydrogen) atoms. The van der Waals surface area contributed by atoms with Gasteiger partial charge >= 0.3 is 0 Å². The van der Waals surface area contributed by atoms with Crippen LogP contribution in [0, 0.1) is 12.8 Å². The van der Waals surface area contributed by atoms with E-state index in [4.69, 9.17) is 5.73 Å². The van der Waals surface area contributed by atoms with Gasteiger partial charge in [0.15, 0.2) is 0 Å². The minimum atomic E-state index is 0.371. The molecule has 2 aromatic heterocycles. The smallest absolute Gasteiger partial charge is 0.223 e. The molecule has 2 N–H and O–H groups in total. The van der Waals surface area contributed by atoms with E-state index in [1.807, 2.05) is 0 Å². The Balaban J connectivity index is 2.02. The maximum atomic E-state index is 5.88. The molecule has 0 bridgehead atoms. The van der Waals surface area contributed by atoms with Crippen molar-refractivity contribution < 1.29 is 0 Å². The van der Waals surface area contributed by atoms with Crippen molar-refractivity contribution >= 4 is 33.3 Å². The summed E-state index contributed by atoms with van der Waals surface area (Å²) in [5, 5.41) is 1.13. The molecule has 3 rings (SSSR count). The quantitative estimate of drug-likeness (QED) is 0.916. The lowest BCUT2D eigenvalue weighted by Gasteiger charge is -2.22. The van der Waals surface area contributed by atoms with Crippen LogP contribution in [-0.4, -0.2) is 48.1 Å². The Kier molecular flexibility index (Phi) is 3.30. The molecule has 2 aromatic rings. The first-order valence-corrected chi connectivity index (χ1v) is 7.72. The van der Waals surface area contributed by atoms with Gasteiger partial charge in [0.25, 0.3) is 0 Å². The lowest BCUT2D eigenvalue weighted by atomic mass is 10.1. The van der Waals surface area contributed by atoms with Gasteiger partial charge in [0.1, 0.15) is 10.6 Å². The summed E-state index contributed by atoms with van der Waals surface area (Å²) in [5.41, 5.74) is 5.88. The molecule has 6 heteroatoms. The predicted octanol–water partition coefficient (Wildman–Crippen LogP) is 1.97. The van der Waals surface area contributed by atoms with Gasteiger partial charge in [0.05, 0.1) is 5.39 Å².